The Hall–Kier alpha value is -1.85. The lowest BCUT2D eigenvalue weighted by atomic mass is 9.86. The molecule has 2 aliphatic rings. The highest BCUT2D eigenvalue weighted by molar-refractivity contribution is 5.73. The van der Waals surface area contributed by atoms with Crippen LogP contribution in [0.15, 0.2) is 10.9 Å². The van der Waals surface area contributed by atoms with E-state index in [0.29, 0.717) is 17.8 Å². The molecule has 1 aromatic rings. The van der Waals surface area contributed by atoms with Crippen LogP contribution in [-0.2, 0) is 4.79 Å². The van der Waals surface area contributed by atoms with E-state index in [2.05, 4.69) is 19.8 Å². The molecule has 2 saturated heterocycles. The van der Waals surface area contributed by atoms with Gasteiger partial charge >= 0.3 is 0 Å². The van der Waals surface area contributed by atoms with Crippen molar-refractivity contribution < 1.29 is 4.79 Å². The first-order valence-electron chi connectivity index (χ1n) is 9.14. The van der Waals surface area contributed by atoms with Crippen LogP contribution in [0.4, 0.5) is 5.82 Å². The van der Waals surface area contributed by atoms with Crippen molar-refractivity contribution in [2.75, 3.05) is 24.5 Å². The van der Waals surface area contributed by atoms with E-state index in [1.54, 1.807) is 13.0 Å². The van der Waals surface area contributed by atoms with Gasteiger partial charge < -0.3 is 14.8 Å². The molecule has 0 saturated carbocycles. The monoisotopic (exact) mass is 332 g/mol. The predicted molar refractivity (Wildman–Crippen MR) is 94.2 cm³/mol. The Morgan fingerprint density at radius 1 is 1.17 bits per heavy atom. The fraction of sp³-hybridized carbons (Fsp3) is 0.722. The lowest BCUT2D eigenvalue weighted by Crippen LogP contribution is -2.47. The van der Waals surface area contributed by atoms with E-state index in [1.165, 1.54) is 12.8 Å². The van der Waals surface area contributed by atoms with Gasteiger partial charge in [-0.2, -0.15) is 0 Å². The van der Waals surface area contributed by atoms with Crippen LogP contribution in [0.1, 0.15) is 51.3 Å². The van der Waals surface area contributed by atoms with Gasteiger partial charge in [-0.05, 0) is 38.5 Å². The summed E-state index contributed by atoms with van der Waals surface area (Å²) in [6.45, 7) is 6.24. The second kappa shape index (κ2) is 7.36. The Balaban J connectivity index is 1.67. The number of H-pyrrole nitrogens is 1. The van der Waals surface area contributed by atoms with Gasteiger partial charge in [0, 0.05) is 38.7 Å². The Morgan fingerprint density at radius 2 is 1.92 bits per heavy atom. The minimum absolute atomic E-state index is 0.0915. The number of anilines is 1. The number of hydrogen-bond acceptors (Lipinski definition) is 4. The van der Waals surface area contributed by atoms with Crippen molar-refractivity contribution in [3.05, 3.63) is 22.2 Å². The average Bonchev–Trinajstić information content (AvgIpc) is 2.80. The Labute approximate surface area is 143 Å². The number of carbonyl (C=O) groups excluding carboxylic acids is 1. The zero-order valence-electron chi connectivity index (χ0n) is 14.8. The molecular weight excluding hydrogens is 304 g/mol. The molecule has 1 amide bonds. The fourth-order valence-electron chi connectivity index (χ4n) is 4.25. The van der Waals surface area contributed by atoms with Crippen LogP contribution in [0, 0.1) is 12.8 Å². The molecule has 3 heterocycles. The number of nitrogens with one attached hydrogen (secondary N) is 1. The molecule has 6 heteroatoms. The summed E-state index contributed by atoms with van der Waals surface area (Å²) in [7, 11) is 0. The third kappa shape index (κ3) is 3.79. The summed E-state index contributed by atoms with van der Waals surface area (Å²) < 4.78 is 0. The van der Waals surface area contributed by atoms with Crippen LogP contribution in [-0.4, -0.2) is 46.5 Å². The summed E-state index contributed by atoms with van der Waals surface area (Å²) in [5.74, 6) is 2.22. The van der Waals surface area contributed by atoms with Crippen molar-refractivity contribution in [2.24, 2.45) is 5.92 Å². The first-order valence-corrected chi connectivity index (χ1v) is 9.14. The maximum Gasteiger partial charge on any atom is 0.252 e. The van der Waals surface area contributed by atoms with E-state index < -0.39 is 0 Å². The van der Waals surface area contributed by atoms with Crippen LogP contribution in [0.25, 0.3) is 0 Å². The number of nitrogens with zero attached hydrogens (tertiary/aromatic N) is 3. The predicted octanol–water partition coefficient (Wildman–Crippen LogP) is 2.09. The van der Waals surface area contributed by atoms with Gasteiger partial charge in [0.05, 0.1) is 0 Å². The van der Waals surface area contributed by atoms with Crippen molar-refractivity contribution in [1.29, 1.82) is 0 Å². The number of hydrogen-bond donors (Lipinski definition) is 1. The van der Waals surface area contributed by atoms with Crippen LogP contribution in [0.5, 0.6) is 0 Å². The molecule has 1 aromatic heterocycles. The summed E-state index contributed by atoms with van der Waals surface area (Å²) >= 11 is 0. The third-order valence-electron chi connectivity index (χ3n) is 5.46. The van der Waals surface area contributed by atoms with Crippen molar-refractivity contribution in [1.82, 2.24) is 14.9 Å². The highest BCUT2D eigenvalue weighted by Gasteiger charge is 2.33. The zero-order chi connectivity index (χ0) is 17.1. The molecule has 0 aliphatic carbocycles. The minimum atomic E-state index is -0.0915. The van der Waals surface area contributed by atoms with E-state index in [1.807, 2.05) is 6.92 Å². The Kier molecular flexibility index (Phi) is 5.21. The highest BCUT2D eigenvalue weighted by Crippen LogP contribution is 2.31. The number of aromatic nitrogens is 2. The van der Waals surface area contributed by atoms with Crippen molar-refractivity contribution in [3.63, 3.8) is 0 Å². The normalized spacial score (nSPS) is 23.2. The lowest BCUT2D eigenvalue weighted by molar-refractivity contribution is -0.132. The SMILES string of the molecule is CC(=O)N1CCCCCC1C1CCN(c2cc(=O)[nH]c(C)n2)CC1. The molecule has 1 unspecified atom stereocenters. The summed E-state index contributed by atoms with van der Waals surface area (Å²) in [5.41, 5.74) is -0.0915. The fourth-order valence-corrected chi connectivity index (χ4v) is 4.25. The van der Waals surface area contributed by atoms with E-state index >= 15 is 0 Å². The molecule has 1 atom stereocenters. The molecule has 6 nitrogen and oxygen atoms in total. The van der Waals surface area contributed by atoms with E-state index in [9.17, 15) is 9.59 Å². The van der Waals surface area contributed by atoms with Gasteiger partial charge in [-0.25, -0.2) is 4.98 Å². The maximum atomic E-state index is 12.0. The average molecular weight is 332 g/mol. The van der Waals surface area contributed by atoms with Crippen LogP contribution in [0.2, 0.25) is 0 Å². The van der Waals surface area contributed by atoms with Gasteiger partial charge in [-0.3, -0.25) is 9.59 Å². The first kappa shape index (κ1) is 17.0. The van der Waals surface area contributed by atoms with E-state index in [0.717, 1.165) is 51.1 Å². The zero-order valence-corrected chi connectivity index (χ0v) is 14.8. The molecule has 0 spiro atoms. The number of likely N-dealkylation sites (tertiary alicyclic amines) is 1. The molecule has 2 aliphatic heterocycles. The minimum Gasteiger partial charge on any atom is -0.356 e. The van der Waals surface area contributed by atoms with Gasteiger partial charge in [0.25, 0.3) is 5.56 Å². The van der Waals surface area contributed by atoms with Gasteiger partial charge in [0.15, 0.2) is 0 Å². The van der Waals surface area contributed by atoms with Crippen LogP contribution in [0.3, 0.4) is 0 Å². The number of amides is 1. The summed E-state index contributed by atoms with van der Waals surface area (Å²) in [5, 5.41) is 0. The van der Waals surface area contributed by atoms with Gasteiger partial charge in [-0.15, -0.1) is 0 Å². The molecule has 0 radical (unpaired) electrons. The van der Waals surface area contributed by atoms with Gasteiger partial charge in [0.2, 0.25) is 5.91 Å². The van der Waals surface area contributed by atoms with Crippen LogP contribution >= 0.6 is 0 Å². The molecule has 24 heavy (non-hydrogen) atoms. The maximum absolute atomic E-state index is 12.0. The summed E-state index contributed by atoms with van der Waals surface area (Å²) in [6.07, 6.45) is 6.83. The Morgan fingerprint density at radius 3 is 2.58 bits per heavy atom. The van der Waals surface area contributed by atoms with Crippen molar-refractivity contribution in [3.8, 4) is 0 Å². The van der Waals surface area contributed by atoms with Crippen molar-refractivity contribution >= 4 is 11.7 Å². The molecule has 0 bridgehead atoms. The van der Waals surface area contributed by atoms with Gasteiger partial charge in [0.1, 0.15) is 11.6 Å². The molecule has 3 rings (SSSR count). The second-order valence-corrected chi connectivity index (χ2v) is 7.14. The number of aryl methyl sites for hydroxylation is 1. The quantitative estimate of drug-likeness (QED) is 0.900. The number of rotatable bonds is 2. The summed E-state index contributed by atoms with van der Waals surface area (Å²) in [6, 6.07) is 1.97. The number of piperidine rings is 1. The topological polar surface area (TPSA) is 69.3 Å². The Bertz CT molecular complexity index is 634. The smallest absolute Gasteiger partial charge is 0.252 e. The number of aromatic amines is 1. The third-order valence-corrected chi connectivity index (χ3v) is 5.46. The molecule has 1 N–H and O–H groups in total. The number of carbonyl (C=O) groups is 1. The van der Waals surface area contributed by atoms with Crippen molar-refractivity contribution in [2.45, 2.75) is 58.4 Å². The van der Waals surface area contributed by atoms with E-state index in [-0.39, 0.29) is 11.5 Å². The van der Waals surface area contributed by atoms with E-state index in [4.69, 9.17) is 0 Å². The molecule has 132 valence electrons. The lowest BCUT2D eigenvalue weighted by Gasteiger charge is -2.40. The molecule has 2 fully saturated rings. The van der Waals surface area contributed by atoms with Gasteiger partial charge in [-0.1, -0.05) is 12.8 Å². The summed E-state index contributed by atoms with van der Waals surface area (Å²) in [4.78, 5) is 35.2. The standard InChI is InChI=1S/C18H28N4O2/c1-13-19-17(12-18(24)20-13)21-10-7-15(8-11-21)16-6-4-3-5-9-22(16)14(2)23/h12,15-16H,3-11H2,1-2H3,(H,19,20,24). The van der Waals surface area contributed by atoms with Crippen LogP contribution < -0.4 is 10.5 Å². The molecular formula is C18H28N4O2. The molecule has 0 aromatic carbocycles. The second-order valence-electron chi connectivity index (χ2n) is 7.14. The largest absolute Gasteiger partial charge is 0.356 e. The highest BCUT2D eigenvalue weighted by atomic mass is 16.2. The first-order chi connectivity index (χ1) is 11.5.